The Morgan fingerprint density at radius 2 is 1.02 bits per heavy atom. The van der Waals surface area contributed by atoms with Crippen molar-refractivity contribution in [3.05, 3.63) is 181 Å². The average molecular weight is 760 g/mol. The standard InChI is InChI=1S/C56H46BNO/c1-55(2,3)38-28-29-49-44(32-38)45-33-39(56(4,5)6)34-47-53(45)58(49)50-26-17-27-51-52(50)57(47)48-31-37(42-24-14-13-22-40(42)35-18-9-7-10-19-35)30-46(54(48)59-51)43-25-16-15-23-41(43)36-20-11-8-12-21-36/h7-34H,1-6H3. The molecule has 11 rings (SSSR count). The molecular formula is C56H46BNO. The van der Waals surface area contributed by atoms with Gasteiger partial charge in [-0.1, -0.05) is 175 Å². The van der Waals surface area contributed by atoms with Crippen molar-refractivity contribution in [2.75, 3.05) is 0 Å². The van der Waals surface area contributed by atoms with Crippen molar-refractivity contribution in [1.29, 1.82) is 0 Å². The summed E-state index contributed by atoms with van der Waals surface area (Å²) in [6.45, 7) is 13.9. The first-order chi connectivity index (χ1) is 28.5. The number of hydrogen-bond donors (Lipinski definition) is 0. The fraction of sp³-hybridized carbons (Fsp3) is 0.143. The van der Waals surface area contributed by atoms with E-state index < -0.39 is 0 Å². The van der Waals surface area contributed by atoms with Crippen LogP contribution in [0.15, 0.2) is 170 Å². The summed E-state index contributed by atoms with van der Waals surface area (Å²) in [4.78, 5) is 0. The van der Waals surface area contributed by atoms with E-state index in [9.17, 15) is 0 Å². The maximum atomic E-state index is 7.35. The Kier molecular flexibility index (Phi) is 7.82. The second kappa shape index (κ2) is 13.0. The molecule has 0 fully saturated rings. The molecule has 0 aliphatic carbocycles. The molecule has 8 aromatic carbocycles. The smallest absolute Gasteiger partial charge is 0.256 e. The molecule has 2 aliphatic heterocycles. The van der Waals surface area contributed by atoms with E-state index in [0.717, 1.165) is 22.6 Å². The molecule has 0 saturated heterocycles. The van der Waals surface area contributed by atoms with Crippen LogP contribution < -0.4 is 21.1 Å². The SMILES string of the molecule is CC(C)(C)c1ccc2c(c1)c1cc(C(C)(C)C)cc3c1n2-c1cccc2c1B3c1cc(-c3ccccc3-c3ccccc3)cc(-c3ccccc3-c3ccccc3)c1O2. The Balaban J connectivity index is 1.27. The molecule has 9 aromatic rings. The zero-order valence-electron chi connectivity index (χ0n) is 34.6. The van der Waals surface area contributed by atoms with Crippen LogP contribution in [0.2, 0.25) is 0 Å². The highest BCUT2D eigenvalue weighted by atomic mass is 16.5. The molecule has 0 amide bonds. The van der Waals surface area contributed by atoms with Gasteiger partial charge in [-0.05, 0) is 114 Å². The zero-order valence-corrected chi connectivity index (χ0v) is 34.6. The molecule has 0 bridgehead atoms. The quantitative estimate of drug-likeness (QED) is 0.163. The molecule has 3 heteroatoms. The van der Waals surface area contributed by atoms with Gasteiger partial charge in [0.2, 0.25) is 0 Å². The maximum Gasteiger partial charge on any atom is 0.256 e. The van der Waals surface area contributed by atoms with Gasteiger partial charge in [-0.2, -0.15) is 0 Å². The van der Waals surface area contributed by atoms with E-state index in [2.05, 4.69) is 216 Å². The van der Waals surface area contributed by atoms with Crippen molar-refractivity contribution in [3.63, 3.8) is 0 Å². The Bertz CT molecular complexity index is 3140. The molecule has 2 nitrogen and oxygen atoms in total. The summed E-state index contributed by atoms with van der Waals surface area (Å²) in [5.74, 6) is 1.85. The molecule has 0 unspecified atom stereocenters. The number of hydrogen-bond acceptors (Lipinski definition) is 1. The summed E-state index contributed by atoms with van der Waals surface area (Å²) in [7, 11) is 0. The lowest BCUT2D eigenvalue weighted by Crippen LogP contribution is -2.58. The third-order valence-corrected chi connectivity index (χ3v) is 12.8. The normalized spacial score (nSPS) is 13.0. The predicted octanol–water partition coefficient (Wildman–Crippen LogP) is 13.0. The van der Waals surface area contributed by atoms with Crippen molar-refractivity contribution in [2.24, 2.45) is 0 Å². The van der Waals surface area contributed by atoms with Gasteiger partial charge in [-0.15, -0.1) is 0 Å². The molecule has 3 heterocycles. The van der Waals surface area contributed by atoms with E-state index in [4.69, 9.17) is 4.74 Å². The minimum Gasteiger partial charge on any atom is -0.458 e. The zero-order chi connectivity index (χ0) is 40.2. The van der Waals surface area contributed by atoms with Crippen LogP contribution in [0, 0.1) is 0 Å². The highest BCUT2D eigenvalue weighted by Gasteiger charge is 2.42. The van der Waals surface area contributed by atoms with Gasteiger partial charge in [0, 0.05) is 27.5 Å². The third-order valence-electron chi connectivity index (χ3n) is 12.8. The highest BCUT2D eigenvalue weighted by Crippen LogP contribution is 2.46. The van der Waals surface area contributed by atoms with E-state index in [0.29, 0.717) is 0 Å². The van der Waals surface area contributed by atoms with E-state index in [-0.39, 0.29) is 17.5 Å². The van der Waals surface area contributed by atoms with Crippen molar-refractivity contribution in [1.82, 2.24) is 4.57 Å². The third kappa shape index (κ3) is 5.55. The fourth-order valence-electron chi connectivity index (χ4n) is 9.77. The molecular weight excluding hydrogens is 713 g/mol. The number of aromatic nitrogens is 1. The lowest BCUT2D eigenvalue weighted by atomic mass is 9.34. The van der Waals surface area contributed by atoms with Crippen LogP contribution in [0.3, 0.4) is 0 Å². The van der Waals surface area contributed by atoms with Crippen molar-refractivity contribution >= 4 is 44.9 Å². The van der Waals surface area contributed by atoms with Crippen molar-refractivity contribution < 1.29 is 4.74 Å². The monoisotopic (exact) mass is 759 g/mol. The van der Waals surface area contributed by atoms with Gasteiger partial charge < -0.3 is 9.30 Å². The molecule has 59 heavy (non-hydrogen) atoms. The second-order valence-electron chi connectivity index (χ2n) is 18.5. The Labute approximate surface area is 347 Å². The average Bonchev–Trinajstić information content (AvgIpc) is 3.59. The van der Waals surface area contributed by atoms with Crippen molar-refractivity contribution in [3.8, 4) is 61.7 Å². The molecule has 2 aliphatic rings. The molecule has 284 valence electrons. The van der Waals surface area contributed by atoms with E-state index >= 15 is 0 Å². The Hall–Kier alpha value is -6.58. The van der Waals surface area contributed by atoms with Crippen LogP contribution >= 0.6 is 0 Å². The van der Waals surface area contributed by atoms with Gasteiger partial charge in [-0.25, -0.2) is 0 Å². The Morgan fingerprint density at radius 1 is 0.441 bits per heavy atom. The van der Waals surface area contributed by atoms with Crippen molar-refractivity contribution in [2.45, 2.75) is 52.4 Å². The summed E-state index contributed by atoms with van der Waals surface area (Å²) in [6, 6.07) is 62.9. The second-order valence-corrected chi connectivity index (χ2v) is 18.5. The highest BCUT2D eigenvalue weighted by molar-refractivity contribution is 6.99. The number of benzene rings is 8. The number of fused-ring (bicyclic) bond motifs is 7. The molecule has 0 spiro atoms. The van der Waals surface area contributed by atoms with Gasteiger partial charge >= 0.3 is 0 Å². The molecule has 0 saturated carbocycles. The lowest BCUT2D eigenvalue weighted by Gasteiger charge is -2.35. The van der Waals surface area contributed by atoms with Crippen LogP contribution in [-0.2, 0) is 10.8 Å². The maximum absolute atomic E-state index is 7.35. The minimum absolute atomic E-state index is 0.0233. The molecule has 1 aromatic heterocycles. The predicted molar refractivity (Wildman–Crippen MR) is 251 cm³/mol. The van der Waals surface area contributed by atoms with Gasteiger partial charge in [-0.3, -0.25) is 0 Å². The molecule has 0 atom stereocenters. The lowest BCUT2D eigenvalue weighted by molar-refractivity contribution is 0.489. The van der Waals surface area contributed by atoms with Gasteiger partial charge in [0.15, 0.2) is 0 Å². The summed E-state index contributed by atoms with van der Waals surface area (Å²) >= 11 is 0. The number of rotatable bonds is 4. The van der Waals surface area contributed by atoms with E-state index in [1.807, 2.05) is 0 Å². The first-order valence-corrected chi connectivity index (χ1v) is 21.0. The summed E-state index contributed by atoms with van der Waals surface area (Å²) < 4.78 is 9.88. The van der Waals surface area contributed by atoms with Gasteiger partial charge in [0.25, 0.3) is 6.71 Å². The minimum atomic E-state index is -0.0647. The molecule has 0 N–H and O–H groups in total. The van der Waals surface area contributed by atoms with Gasteiger partial charge in [0.1, 0.15) is 11.5 Å². The van der Waals surface area contributed by atoms with Crippen LogP contribution in [0.25, 0.3) is 72.0 Å². The summed E-state index contributed by atoms with van der Waals surface area (Å²) in [5.41, 5.74) is 19.5. The van der Waals surface area contributed by atoms with Gasteiger partial charge in [0.05, 0.1) is 5.52 Å². The summed E-state index contributed by atoms with van der Waals surface area (Å²) in [6.07, 6.45) is 0. The van der Waals surface area contributed by atoms with E-state index in [1.165, 1.54) is 88.4 Å². The van der Waals surface area contributed by atoms with Crippen LogP contribution in [0.4, 0.5) is 0 Å². The van der Waals surface area contributed by atoms with Crippen LogP contribution in [0.5, 0.6) is 11.5 Å². The number of ether oxygens (including phenoxy) is 1. The largest absolute Gasteiger partial charge is 0.458 e. The van der Waals surface area contributed by atoms with Crippen LogP contribution in [-0.4, -0.2) is 11.3 Å². The summed E-state index contributed by atoms with van der Waals surface area (Å²) in [5, 5.41) is 2.62. The van der Waals surface area contributed by atoms with Crippen LogP contribution in [0.1, 0.15) is 52.7 Å². The Morgan fingerprint density at radius 3 is 1.66 bits per heavy atom. The molecule has 0 radical (unpaired) electrons. The van der Waals surface area contributed by atoms with E-state index in [1.54, 1.807) is 0 Å². The topological polar surface area (TPSA) is 14.2 Å². The first kappa shape index (κ1) is 35.6. The first-order valence-electron chi connectivity index (χ1n) is 21.0. The fourth-order valence-corrected chi connectivity index (χ4v) is 9.77. The number of nitrogens with zero attached hydrogens (tertiary/aromatic N) is 1.